The van der Waals surface area contributed by atoms with Gasteiger partial charge in [-0.15, -0.1) is 0 Å². The summed E-state index contributed by atoms with van der Waals surface area (Å²) in [6, 6.07) is 7.47. The quantitative estimate of drug-likeness (QED) is 0.791. The Hall–Kier alpha value is -2.21. The van der Waals surface area contributed by atoms with E-state index in [1.165, 1.54) is 0 Å². The minimum Gasteiger partial charge on any atom is -0.497 e. The lowest BCUT2D eigenvalue weighted by Crippen LogP contribution is -2.34. The second-order valence-electron chi connectivity index (χ2n) is 5.10. The second-order valence-corrected chi connectivity index (χ2v) is 5.98. The molecule has 0 saturated heterocycles. The molecular formula is C17H18N2O3S. The Bertz CT molecular complexity index is 724. The van der Waals surface area contributed by atoms with Crippen molar-refractivity contribution in [1.29, 1.82) is 0 Å². The number of ether oxygens (including phenoxy) is 2. The highest BCUT2D eigenvalue weighted by Crippen LogP contribution is 2.41. The van der Waals surface area contributed by atoms with Crippen LogP contribution in [0.1, 0.15) is 25.5 Å². The molecule has 5 nitrogen and oxygen atoms in total. The molecule has 0 saturated carbocycles. The van der Waals surface area contributed by atoms with E-state index in [0.717, 1.165) is 16.5 Å². The van der Waals surface area contributed by atoms with Crippen LogP contribution < -0.4 is 4.74 Å². The van der Waals surface area contributed by atoms with Gasteiger partial charge in [-0.05, 0) is 37.0 Å². The fourth-order valence-corrected chi connectivity index (χ4v) is 3.50. The van der Waals surface area contributed by atoms with Crippen molar-refractivity contribution >= 4 is 22.9 Å². The molecule has 0 unspecified atom stereocenters. The molecule has 0 bridgehead atoms. The van der Waals surface area contributed by atoms with E-state index >= 15 is 0 Å². The summed E-state index contributed by atoms with van der Waals surface area (Å²) < 4.78 is 10.6. The molecule has 3 rings (SSSR count). The lowest BCUT2D eigenvalue weighted by atomic mass is 9.94. The number of methoxy groups -OCH3 is 1. The molecule has 0 radical (unpaired) electrons. The Balaban J connectivity index is 2.10. The number of carbonyl (C=O) groups excluding carboxylic acids is 1. The topological polar surface area (TPSA) is 51.1 Å². The minimum atomic E-state index is -0.328. The zero-order chi connectivity index (χ0) is 16.4. The van der Waals surface area contributed by atoms with Gasteiger partial charge in [-0.25, -0.2) is 9.79 Å². The molecule has 0 fully saturated rings. The van der Waals surface area contributed by atoms with Crippen molar-refractivity contribution in [1.82, 2.24) is 4.90 Å². The van der Waals surface area contributed by atoms with Crippen molar-refractivity contribution in [2.24, 2.45) is 4.99 Å². The number of hydrogen-bond donors (Lipinski definition) is 0. The Kier molecular flexibility index (Phi) is 4.43. The van der Waals surface area contributed by atoms with Crippen LogP contribution in [-0.2, 0) is 9.53 Å². The maximum Gasteiger partial charge on any atom is 0.338 e. The molecule has 2 aliphatic heterocycles. The van der Waals surface area contributed by atoms with Crippen LogP contribution in [0, 0.1) is 0 Å². The summed E-state index contributed by atoms with van der Waals surface area (Å²) in [4.78, 5) is 19.0. The molecule has 0 aromatic heterocycles. The minimum absolute atomic E-state index is 0.261. The first-order valence-electron chi connectivity index (χ1n) is 7.38. The molecule has 6 heteroatoms. The first-order chi connectivity index (χ1) is 11.2. The number of nitrogens with zero attached hydrogens (tertiary/aromatic N) is 2. The number of hydrogen-bond acceptors (Lipinski definition) is 6. The first kappa shape index (κ1) is 15.7. The number of amidine groups is 1. The second kappa shape index (κ2) is 6.50. The van der Waals surface area contributed by atoms with Crippen LogP contribution in [0.2, 0.25) is 0 Å². The highest BCUT2D eigenvalue weighted by atomic mass is 32.2. The molecular weight excluding hydrogens is 312 g/mol. The number of fused-ring (bicyclic) bond motifs is 1. The van der Waals surface area contributed by atoms with Crippen LogP contribution in [0.5, 0.6) is 5.75 Å². The third-order valence-corrected chi connectivity index (χ3v) is 4.50. The fourth-order valence-electron chi connectivity index (χ4n) is 2.71. The Labute approximate surface area is 139 Å². The molecule has 0 aliphatic carbocycles. The summed E-state index contributed by atoms with van der Waals surface area (Å²) in [5, 5.41) is 2.83. The van der Waals surface area contributed by atoms with Crippen LogP contribution in [0.25, 0.3) is 0 Å². The van der Waals surface area contributed by atoms with Gasteiger partial charge in [-0.3, -0.25) is 0 Å². The van der Waals surface area contributed by atoms with Gasteiger partial charge < -0.3 is 14.4 Å². The lowest BCUT2D eigenvalue weighted by Gasteiger charge is -2.33. The molecule has 1 aromatic carbocycles. The average Bonchev–Trinajstić information content (AvgIpc) is 3.01. The first-order valence-corrected chi connectivity index (χ1v) is 8.26. The molecule has 1 aromatic rings. The van der Waals surface area contributed by atoms with Gasteiger partial charge in [-0.2, -0.15) is 0 Å². The predicted octanol–water partition coefficient (Wildman–Crippen LogP) is 3.46. The number of thioether (sulfide) groups is 1. The predicted molar refractivity (Wildman–Crippen MR) is 91.1 cm³/mol. The van der Waals surface area contributed by atoms with Crippen LogP contribution in [-0.4, -0.2) is 29.8 Å². The van der Waals surface area contributed by atoms with Crippen LogP contribution in [0.3, 0.4) is 0 Å². The Morgan fingerprint density at radius 1 is 1.43 bits per heavy atom. The smallest absolute Gasteiger partial charge is 0.338 e. The van der Waals surface area contributed by atoms with Crippen LogP contribution in [0.15, 0.2) is 52.1 Å². The molecule has 23 heavy (non-hydrogen) atoms. The number of rotatable bonds is 4. The van der Waals surface area contributed by atoms with Crippen LogP contribution in [0.4, 0.5) is 0 Å². The number of aliphatic imine (C=N–C) groups is 1. The van der Waals surface area contributed by atoms with Crippen molar-refractivity contribution < 1.29 is 14.3 Å². The normalized spacial score (nSPS) is 19.5. The van der Waals surface area contributed by atoms with E-state index in [1.54, 1.807) is 25.8 Å². The Morgan fingerprint density at radius 2 is 2.26 bits per heavy atom. The molecule has 0 amide bonds. The van der Waals surface area contributed by atoms with Gasteiger partial charge in [0.1, 0.15) is 5.75 Å². The van der Waals surface area contributed by atoms with E-state index < -0.39 is 0 Å². The highest BCUT2D eigenvalue weighted by molar-refractivity contribution is 8.16. The Morgan fingerprint density at radius 3 is 3.00 bits per heavy atom. The molecule has 120 valence electrons. The summed E-state index contributed by atoms with van der Waals surface area (Å²) in [5.74, 6) is 0.425. The number of benzene rings is 1. The van der Waals surface area contributed by atoms with Gasteiger partial charge in [0.15, 0.2) is 5.17 Å². The molecule has 0 spiro atoms. The molecule has 2 heterocycles. The third kappa shape index (κ3) is 2.86. The average molecular weight is 330 g/mol. The van der Waals surface area contributed by atoms with Crippen molar-refractivity contribution in [3.05, 3.63) is 52.7 Å². The highest BCUT2D eigenvalue weighted by Gasteiger charge is 2.37. The van der Waals surface area contributed by atoms with Gasteiger partial charge in [0, 0.05) is 6.20 Å². The lowest BCUT2D eigenvalue weighted by molar-refractivity contribution is -0.139. The summed E-state index contributed by atoms with van der Waals surface area (Å²) in [6.45, 7) is 3.99. The van der Waals surface area contributed by atoms with E-state index in [0.29, 0.717) is 17.9 Å². The van der Waals surface area contributed by atoms with Gasteiger partial charge in [0.2, 0.25) is 0 Å². The zero-order valence-electron chi connectivity index (χ0n) is 13.3. The number of allylic oxidation sites excluding steroid dienone is 1. The van der Waals surface area contributed by atoms with E-state index in [1.807, 2.05) is 47.7 Å². The van der Waals surface area contributed by atoms with Crippen molar-refractivity contribution in [3.8, 4) is 5.75 Å². The van der Waals surface area contributed by atoms with E-state index in [2.05, 4.69) is 4.99 Å². The van der Waals surface area contributed by atoms with Crippen LogP contribution >= 0.6 is 11.8 Å². The van der Waals surface area contributed by atoms with E-state index in [9.17, 15) is 4.79 Å². The molecule has 0 N–H and O–H groups in total. The summed E-state index contributed by atoms with van der Waals surface area (Å²) in [7, 11) is 1.63. The SMILES string of the molecule is CCOC(=O)C1=C(C)N=C2SC=CN2[C@H]1c1cccc(OC)c1. The monoisotopic (exact) mass is 330 g/mol. The number of carbonyl (C=O) groups is 1. The van der Waals surface area contributed by atoms with Gasteiger partial charge in [-0.1, -0.05) is 23.9 Å². The maximum absolute atomic E-state index is 12.5. The van der Waals surface area contributed by atoms with Gasteiger partial charge in [0.05, 0.1) is 31.0 Å². The van der Waals surface area contributed by atoms with E-state index in [-0.39, 0.29) is 12.0 Å². The summed E-state index contributed by atoms with van der Waals surface area (Å²) in [6.07, 6.45) is 1.94. The van der Waals surface area contributed by atoms with Crippen molar-refractivity contribution in [3.63, 3.8) is 0 Å². The van der Waals surface area contributed by atoms with E-state index in [4.69, 9.17) is 9.47 Å². The van der Waals surface area contributed by atoms with Gasteiger partial charge >= 0.3 is 5.97 Å². The molecule has 2 aliphatic rings. The largest absolute Gasteiger partial charge is 0.497 e. The maximum atomic E-state index is 12.5. The zero-order valence-corrected chi connectivity index (χ0v) is 14.1. The number of esters is 1. The van der Waals surface area contributed by atoms with Gasteiger partial charge in [0.25, 0.3) is 0 Å². The summed E-state index contributed by atoms with van der Waals surface area (Å²) >= 11 is 1.54. The fraction of sp³-hybridized carbons (Fsp3) is 0.294. The standard InChI is InChI=1S/C17H18N2O3S/c1-4-22-16(20)14-11(2)18-17-19(8-9-23-17)15(14)12-6-5-7-13(10-12)21-3/h5-10,15H,4H2,1-3H3/t15-/m0/s1. The molecule has 1 atom stereocenters. The third-order valence-electron chi connectivity index (χ3n) is 3.73. The van der Waals surface area contributed by atoms with Crippen molar-refractivity contribution in [2.45, 2.75) is 19.9 Å². The summed E-state index contributed by atoms with van der Waals surface area (Å²) in [5.41, 5.74) is 2.22. The van der Waals surface area contributed by atoms with Crippen molar-refractivity contribution in [2.75, 3.05) is 13.7 Å².